The zero-order chi connectivity index (χ0) is 13.9. The van der Waals surface area contributed by atoms with Crippen LogP contribution in [0, 0.1) is 11.3 Å². The van der Waals surface area contributed by atoms with Crippen LogP contribution in [0.3, 0.4) is 0 Å². The molecule has 2 aromatic rings. The van der Waals surface area contributed by atoms with Crippen molar-refractivity contribution in [3.05, 3.63) is 29.7 Å². The maximum atomic E-state index is 9.10. The number of aromatic nitrogens is 2. The van der Waals surface area contributed by atoms with Crippen LogP contribution in [-0.4, -0.2) is 41.3 Å². The molecule has 0 atom stereocenters. The van der Waals surface area contributed by atoms with Gasteiger partial charge in [-0.05, 0) is 12.1 Å². The van der Waals surface area contributed by atoms with Crippen molar-refractivity contribution in [2.75, 3.05) is 36.8 Å². The standard InChI is InChI=1S/C13H16N6O/c14-8-11-12(15)16-17-13(11)19-5-3-18(4-6-19)9-10-2-1-7-20-10/h1-2,7H,3-6,9H2,(H3,15,16,17). The van der Waals surface area contributed by atoms with Crippen LogP contribution in [0.25, 0.3) is 0 Å². The van der Waals surface area contributed by atoms with Crippen molar-refractivity contribution in [3.63, 3.8) is 0 Å². The Kier molecular flexibility index (Phi) is 3.31. The highest BCUT2D eigenvalue weighted by molar-refractivity contribution is 5.64. The Balaban J connectivity index is 1.62. The molecule has 104 valence electrons. The van der Waals surface area contributed by atoms with Gasteiger partial charge in [-0.1, -0.05) is 0 Å². The SMILES string of the molecule is N#Cc1c(N2CCN(Cc3ccco3)CC2)n[nH]c1N. The van der Waals surface area contributed by atoms with E-state index in [4.69, 9.17) is 15.4 Å². The molecule has 0 saturated carbocycles. The van der Waals surface area contributed by atoms with E-state index in [0.29, 0.717) is 17.2 Å². The number of hydrogen-bond acceptors (Lipinski definition) is 6. The second-order valence-electron chi connectivity index (χ2n) is 4.79. The number of nitrogens with one attached hydrogen (secondary N) is 1. The number of anilines is 2. The zero-order valence-electron chi connectivity index (χ0n) is 11.0. The second-order valence-corrected chi connectivity index (χ2v) is 4.79. The molecule has 2 aromatic heterocycles. The number of nitrogens with zero attached hydrogens (tertiary/aromatic N) is 4. The van der Waals surface area contributed by atoms with Crippen LogP contribution in [0.15, 0.2) is 22.8 Å². The van der Waals surface area contributed by atoms with Crippen LogP contribution in [0.4, 0.5) is 11.6 Å². The molecule has 0 radical (unpaired) electrons. The van der Waals surface area contributed by atoms with Crippen molar-refractivity contribution in [2.24, 2.45) is 0 Å². The van der Waals surface area contributed by atoms with Gasteiger partial charge < -0.3 is 15.1 Å². The van der Waals surface area contributed by atoms with E-state index in [-0.39, 0.29) is 0 Å². The van der Waals surface area contributed by atoms with Crippen LogP contribution in [0.2, 0.25) is 0 Å². The molecule has 3 rings (SSSR count). The van der Waals surface area contributed by atoms with Gasteiger partial charge in [-0.3, -0.25) is 10.00 Å². The van der Waals surface area contributed by atoms with Crippen molar-refractivity contribution in [3.8, 4) is 6.07 Å². The van der Waals surface area contributed by atoms with Crippen LogP contribution < -0.4 is 10.6 Å². The summed E-state index contributed by atoms with van der Waals surface area (Å²) >= 11 is 0. The molecule has 1 aliphatic rings. The van der Waals surface area contributed by atoms with Crippen LogP contribution >= 0.6 is 0 Å². The first-order valence-corrected chi connectivity index (χ1v) is 6.51. The lowest BCUT2D eigenvalue weighted by atomic mass is 10.2. The number of piperazine rings is 1. The van der Waals surface area contributed by atoms with Crippen molar-refractivity contribution < 1.29 is 4.42 Å². The van der Waals surface area contributed by atoms with Gasteiger partial charge in [-0.2, -0.15) is 10.4 Å². The number of hydrogen-bond donors (Lipinski definition) is 2. The summed E-state index contributed by atoms with van der Waals surface area (Å²) in [7, 11) is 0. The third-order valence-electron chi connectivity index (χ3n) is 3.52. The molecule has 1 aliphatic heterocycles. The van der Waals surface area contributed by atoms with E-state index in [2.05, 4.69) is 26.1 Å². The van der Waals surface area contributed by atoms with Crippen LogP contribution in [0.1, 0.15) is 11.3 Å². The molecule has 20 heavy (non-hydrogen) atoms. The number of aromatic amines is 1. The average molecular weight is 272 g/mol. The Morgan fingerprint density at radius 3 is 2.85 bits per heavy atom. The maximum Gasteiger partial charge on any atom is 0.170 e. The summed E-state index contributed by atoms with van der Waals surface area (Å²) in [4.78, 5) is 4.40. The molecule has 7 nitrogen and oxygen atoms in total. The van der Waals surface area contributed by atoms with Gasteiger partial charge in [-0.15, -0.1) is 0 Å². The van der Waals surface area contributed by atoms with E-state index >= 15 is 0 Å². The van der Waals surface area contributed by atoms with Gasteiger partial charge in [0.1, 0.15) is 23.2 Å². The van der Waals surface area contributed by atoms with Crippen LogP contribution in [-0.2, 0) is 6.54 Å². The Labute approximate surface area is 116 Å². The first-order chi connectivity index (χ1) is 9.78. The Bertz CT molecular complexity index is 603. The molecular formula is C13H16N6O. The molecule has 0 unspecified atom stereocenters. The van der Waals surface area contributed by atoms with Crippen molar-refractivity contribution >= 4 is 11.6 Å². The first kappa shape index (κ1) is 12.6. The minimum absolute atomic E-state index is 0.334. The first-order valence-electron chi connectivity index (χ1n) is 6.51. The topological polar surface area (TPSA) is 98.1 Å². The molecular weight excluding hydrogens is 256 g/mol. The Morgan fingerprint density at radius 1 is 1.40 bits per heavy atom. The summed E-state index contributed by atoms with van der Waals surface area (Å²) in [6, 6.07) is 5.98. The fraction of sp³-hybridized carbons (Fsp3) is 0.385. The van der Waals surface area contributed by atoms with Gasteiger partial charge in [0.15, 0.2) is 5.82 Å². The zero-order valence-corrected chi connectivity index (χ0v) is 11.0. The Morgan fingerprint density at radius 2 is 2.20 bits per heavy atom. The number of H-pyrrole nitrogens is 1. The molecule has 0 aromatic carbocycles. The molecule has 3 N–H and O–H groups in total. The number of nitrogens with two attached hydrogens (primary N) is 1. The molecule has 0 bridgehead atoms. The minimum Gasteiger partial charge on any atom is -0.468 e. The summed E-state index contributed by atoms with van der Waals surface area (Å²) < 4.78 is 5.36. The summed E-state index contributed by atoms with van der Waals surface area (Å²) in [6.45, 7) is 4.25. The number of rotatable bonds is 3. The predicted octanol–water partition coefficient (Wildman–Crippen LogP) is 0.779. The number of nitriles is 1. The highest BCUT2D eigenvalue weighted by atomic mass is 16.3. The van der Waals surface area contributed by atoms with Gasteiger partial charge in [0.25, 0.3) is 0 Å². The fourth-order valence-corrected chi connectivity index (χ4v) is 2.43. The van der Waals surface area contributed by atoms with Gasteiger partial charge in [0, 0.05) is 26.2 Å². The smallest absolute Gasteiger partial charge is 0.170 e. The lowest BCUT2D eigenvalue weighted by Crippen LogP contribution is -2.46. The summed E-state index contributed by atoms with van der Waals surface area (Å²) in [5, 5.41) is 15.9. The summed E-state index contributed by atoms with van der Waals surface area (Å²) in [5.74, 6) is 1.96. The van der Waals surface area contributed by atoms with Crippen molar-refractivity contribution in [2.45, 2.75) is 6.54 Å². The van der Waals surface area contributed by atoms with Crippen molar-refractivity contribution in [1.82, 2.24) is 15.1 Å². The van der Waals surface area contributed by atoms with E-state index in [1.54, 1.807) is 6.26 Å². The average Bonchev–Trinajstić information content (AvgIpc) is 3.09. The van der Waals surface area contributed by atoms with Crippen LogP contribution in [0.5, 0.6) is 0 Å². The molecule has 1 fully saturated rings. The third kappa shape index (κ3) is 2.33. The van der Waals surface area contributed by atoms with E-state index in [1.165, 1.54) is 0 Å². The highest BCUT2D eigenvalue weighted by Crippen LogP contribution is 2.23. The lowest BCUT2D eigenvalue weighted by Gasteiger charge is -2.34. The van der Waals surface area contributed by atoms with Gasteiger partial charge in [-0.25, -0.2) is 0 Å². The second kappa shape index (κ2) is 5.27. The van der Waals surface area contributed by atoms with E-state index in [0.717, 1.165) is 38.5 Å². The minimum atomic E-state index is 0.334. The van der Waals surface area contributed by atoms with E-state index < -0.39 is 0 Å². The number of nitrogen functional groups attached to an aromatic ring is 1. The molecule has 1 saturated heterocycles. The van der Waals surface area contributed by atoms with E-state index in [1.807, 2.05) is 12.1 Å². The molecule has 0 spiro atoms. The van der Waals surface area contributed by atoms with Crippen molar-refractivity contribution in [1.29, 1.82) is 5.26 Å². The fourth-order valence-electron chi connectivity index (χ4n) is 2.43. The molecule has 7 heteroatoms. The third-order valence-corrected chi connectivity index (χ3v) is 3.52. The molecule has 3 heterocycles. The predicted molar refractivity (Wildman–Crippen MR) is 73.9 cm³/mol. The van der Waals surface area contributed by atoms with Gasteiger partial charge in [0.2, 0.25) is 0 Å². The quantitative estimate of drug-likeness (QED) is 0.856. The highest BCUT2D eigenvalue weighted by Gasteiger charge is 2.23. The monoisotopic (exact) mass is 272 g/mol. The maximum absolute atomic E-state index is 9.10. The Hall–Kier alpha value is -2.46. The lowest BCUT2D eigenvalue weighted by molar-refractivity contribution is 0.230. The molecule has 0 aliphatic carbocycles. The number of furan rings is 1. The largest absolute Gasteiger partial charge is 0.468 e. The van der Waals surface area contributed by atoms with Gasteiger partial charge in [0.05, 0.1) is 12.8 Å². The summed E-state index contributed by atoms with van der Waals surface area (Å²) in [6.07, 6.45) is 1.69. The summed E-state index contributed by atoms with van der Waals surface area (Å²) in [5.41, 5.74) is 6.12. The normalized spacial score (nSPS) is 16.2. The molecule has 0 amide bonds. The van der Waals surface area contributed by atoms with Gasteiger partial charge >= 0.3 is 0 Å². The van der Waals surface area contributed by atoms with E-state index in [9.17, 15) is 0 Å².